The number of nitrogens with zero attached hydrogens (tertiary/aromatic N) is 2. The Hall–Kier alpha value is -3.22. The van der Waals surface area contributed by atoms with Gasteiger partial charge >= 0.3 is 6.18 Å². The molecular formula is C20H16F3N3O. The minimum Gasteiger partial charge on any atom is -0.366 e. The number of aromatic nitrogens is 2. The van der Waals surface area contributed by atoms with Crippen LogP contribution in [0.2, 0.25) is 0 Å². The molecule has 1 N–H and O–H groups in total. The molecule has 3 rings (SSSR count). The molecule has 3 aromatic rings. The Morgan fingerprint density at radius 1 is 1.07 bits per heavy atom. The number of nitrogens with one attached hydrogen (secondary N) is 1. The molecule has 4 nitrogen and oxygen atoms in total. The van der Waals surface area contributed by atoms with E-state index in [0.29, 0.717) is 28.3 Å². The SMILES string of the molecule is CC(=O)c1cccc(-c2nccc(NCc3cccc(C(F)(F)F)c3)n2)c1. The Morgan fingerprint density at radius 2 is 1.85 bits per heavy atom. The maximum Gasteiger partial charge on any atom is 0.416 e. The van der Waals surface area contributed by atoms with Crippen molar-refractivity contribution in [3.8, 4) is 11.4 Å². The topological polar surface area (TPSA) is 54.9 Å². The molecule has 0 saturated heterocycles. The fourth-order valence-electron chi connectivity index (χ4n) is 2.52. The maximum atomic E-state index is 12.8. The summed E-state index contributed by atoms with van der Waals surface area (Å²) in [7, 11) is 0. The molecule has 0 aliphatic heterocycles. The number of carbonyl (C=O) groups is 1. The van der Waals surface area contributed by atoms with E-state index in [9.17, 15) is 18.0 Å². The van der Waals surface area contributed by atoms with Crippen LogP contribution in [-0.2, 0) is 12.7 Å². The summed E-state index contributed by atoms with van der Waals surface area (Å²) in [4.78, 5) is 20.1. The summed E-state index contributed by atoms with van der Waals surface area (Å²) in [6, 6.07) is 13.7. The quantitative estimate of drug-likeness (QED) is 0.643. The second-order valence-corrected chi connectivity index (χ2v) is 5.95. The zero-order chi connectivity index (χ0) is 19.4. The van der Waals surface area contributed by atoms with Crippen LogP contribution in [0.3, 0.4) is 0 Å². The fraction of sp³-hybridized carbons (Fsp3) is 0.150. The molecule has 27 heavy (non-hydrogen) atoms. The molecule has 0 radical (unpaired) electrons. The number of hydrogen-bond acceptors (Lipinski definition) is 4. The minimum absolute atomic E-state index is 0.0596. The Balaban J connectivity index is 1.77. The molecular weight excluding hydrogens is 355 g/mol. The minimum atomic E-state index is -4.38. The van der Waals surface area contributed by atoms with Crippen LogP contribution in [0.15, 0.2) is 60.8 Å². The van der Waals surface area contributed by atoms with Gasteiger partial charge in [-0.25, -0.2) is 9.97 Å². The highest BCUT2D eigenvalue weighted by Gasteiger charge is 2.30. The monoisotopic (exact) mass is 371 g/mol. The summed E-state index contributed by atoms with van der Waals surface area (Å²) in [5.74, 6) is 0.841. The highest BCUT2D eigenvalue weighted by molar-refractivity contribution is 5.95. The normalized spacial score (nSPS) is 11.3. The molecule has 0 amide bonds. The molecule has 2 aromatic carbocycles. The van der Waals surface area contributed by atoms with Crippen LogP contribution in [0, 0.1) is 0 Å². The number of hydrogen-bond donors (Lipinski definition) is 1. The van der Waals surface area contributed by atoms with Gasteiger partial charge in [0.05, 0.1) is 5.56 Å². The van der Waals surface area contributed by atoms with E-state index in [1.807, 2.05) is 0 Å². The first-order valence-corrected chi connectivity index (χ1v) is 8.17. The average molecular weight is 371 g/mol. The molecule has 7 heteroatoms. The first kappa shape index (κ1) is 18.6. The van der Waals surface area contributed by atoms with Gasteiger partial charge in [0.25, 0.3) is 0 Å². The Morgan fingerprint density at radius 3 is 2.59 bits per heavy atom. The number of Topliss-reactive ketones (excluding diaryl/α,β-unsaturated/α-hetero) is 1. The van der Waals surface area contributed by atoms with Crippen LogP contribution < -0.4 is 5.32 Å². The van der Waals surface area contributed by atoms with Gasteiger partial charge in [-0.1, -0.05) is 30.3 Å². The van der Waals surface area contributed by atoms with Crippen molar-refractivity contribution in [2.24, 2.45) is 0 Å². The van der Waals surface area contributed by atoms with Crippen LogP contribution in [-0.4, -0.2) is 15.8 Å². The van der Waals surface area contributed by atoms with Gasteiger partial charge in [-0.15, -0.1) is 0 Å². The molecule has 0 aliphatic carbocycles. The predicted molar refractivity (Wildman–Crippen MR) is 96.2 cm³/mol. The van der Waals surface area contributed by atoms with Crippen molar-refractivity contribution in [3.63, 3.8) is 0 Å². The molecule has 0 saturated carbocycles. The van der Waals surface area contributed by atoms with Crippen molar-refractivity contribution in [3.05, 3.63) is 77.5 Å². The Kier molecular flexibility index (Phi) is 5.21. The zero-order valence-electron chi connectivity index (χ0n) is 14.4. The highest BCUT2D eigenvalue weighted by atomic mass is 19.4. The van der Waals surface area contributed by atoms with E-state index < -0.39 is 11.7 Å². The Bertz CT molecular complexity index is 970. The van der Waals surface area contributed by atoms with Crippen molar-refractivity contribution in [2.75, 3.05) is 5.32 Å². The van der Waals surface area contributed by atoms with E-state index in [2.05, 4.69) is 15.3 Å². The molecule has 0 atom stereocenters. The van der Waals surface area contributed by atoms with Gasteiger partial charge in [-0.05, 0) is 36.8 Å². The van der Waals surface area contributed by atoms with Crippen LogP contribution >= 0.6 is 0 Å². The third kappa shape index (κ3) is 4.69. The lowest BCUT2D eigenvalue weighted by molar-refractivity contribution is -0.137. The van der Waals surface area contributed by atoms with E-state index in [1.54, 1.807) is 42.6 Å². The lowest BCUT2D eigenvalue weighted by Crippen LogP contribution is -2.07. The van der Waals surface area contributed by atoms with Gasteiger partial charge in [0.2, 0.25) is 0 Å². The molecule has 138 valence electrons. The molecule has 0 aliphatic rings. The number of carbonyl (C=O) groups excluding carboxylic acids is 1. The van der Waals surface area contributed by atoms with E-state index >= 15 is 0 Å². The standard InChI is InChI=1S/C20H16F3N3O/c1-13(27)15-5-3-6-16(11-15)19-24-9-8-18(26-19)25-12-14-4-2-7-17(10-14)20(21,22)23/h2-11H,12H2,1H3,(H,24,25,26). The smallest absolute Gasteiger partial charge is 0.366 e. The summed E-state index contributed by atoms with van der Waals surface area (Å²) in [6.45, 7) is 1.67. The number of rotatable bonds is 5. The lowest BCUT2D eigenvalue weighted by Gasteiger charge is -2.10. The first-order valence-electron chi connectivity index (χ1n) is 8.17. The molecule has 0 bridgehead atoms. The summed E-state index contributed by atoms with van der Waals surface area (Å²) >= 11 is 0. The van der Waals surface area contributed by atoms with E-state index in [-0.39, 0.29) is 12.3 Å². The van der Waals surface area contributed by atoms with Gasteiger partial charge < -0.3 is 5.32 Å². The number of anilines is 1. The molecule has 0 unspecified atom stereocenters. The van der Waals surface area contributed by atoms with Gasteiger partial charge in [0.1, 0.15) is 5.82 Å². The van der Waals surface area contributed by atoms with Crippen LogP contribution in [0.4, 0.5) is 19.0 Å². The van der Waals surface area contributed by atoms with Crippen LogP contribution in [0.5, 0.6) is 0 Å². The van der Waals surface area contributed by atoms with Crippen molar-refractivity contribution in [2.45, 2.75) is 19.6 Å². The zero-order valence-corrected chi connectivity index (χ0v) is 14.4. The third-order valence-electron chi connectivity index (χ3n) is 3.91. The van der Waals surface area contributed by atoms with Crippen molar-refractivity contribution < 1.29 is 18.0 Å². The fourth-order valence-corrected chi connectivity index (χ4v) is 2.52. The number of benzene rings is 2. The summed E-state index contributed by atoms with van der Waals surface area (Å²) < 4.78 is 38.4. The van der Waals surface area contributed by atoms with Gasteiger partial charge in [-0.3, -0.25) is 4.79 Å². The van der Waals surface area contributed by atoms with Crippen LogP contribution in [0.25, 0.3) is 11.4 Å². The second-order valence-electron chi connectivity index (χ2n) is 5.95. The van der Waals surface area contributed by atoms with Crippen molar-refractivity contribution >= 4 is 11.6 Å². The van der Waals surface area contributed by atoms with E-state index in [0.717, 1.165) is 12.1 Å². The molecule has 0 fully saturated rings. The number of alkyl halides is 3. The van der Waals surface area contributed by atoms with Gasteiger partial charge in [-0.2, -0.15) is 13.2 Å². The molecule has 1 aromatic heterocycles. The highest BCUT2D eigenvalue weighted by Crippen LogP contribution is 2.29. The second kappa shape index (κ2) is 7.57. The average Bonchev–Trinajstić information content (AvgIpc) is 2.66. The molecule has 1 heterocycles. The maximum absolute atomic E-state index is 12.8. The number of ketones is 1. The van der Waals surface area contributed by atoms with Crippen molar-refractivity contribution in [1.82, 2.24) is 9.97 Å². The predicted octanol–water partition coefficient (Wildman–Crippen LogP) is 4.98. The van der Waals surface area contributed by atoms with Gasteiger partial charge in [0.15, 0.2) is 11.6 Å². The largest absolute Gasteiger partial charge is 0.416 e. The summed E-state index contributed by atoms with van der Waals surface area (Å²) in [6.07, 6.45) is -2.82. The van der Waals surface area contributed by atoms with Crippen molar-refractivity contribution in [1.29, 1.82) is 0 Å². The Labute approximate surface area is 154 Å². The summed E-state index contributed by atoms with van der Waals surface area (Å²) in [5, 5.41) is 3.00. The lowest BCUT2D eigenvalue weighted by atomic mass is 10.1. The first-order chi connectivity index (χ1) is 12.8. The third-order valence-corrected chi connectivity index (χ3v) is 3.91. The van der Waals surface area contributed by atoms with Gasteiger partial charge in [0, 0.05) is 23.9 Å². The summed E-state index contributed by atoms with van der Waals surface area (Å²) in [5.41, 5.74) is 1.04. The molecule has 0 spiro atoms. The van der Waals surface area contributed by atoms with E-state index in [4.69, 9.17) is 0 Å². The number of halogens is 3. The van der Waals surface area contributed by atoms with E-state index in [1.165, 1.54) is 13.0 Å². The van der Waals surface area contributed by atoms with Crippen LogP contribution in [0.1, 0.15) is 28.4 Å².